The van der Waals surface area contributed by atoms with Crippen LogP contribution in [0.1, 0.15) is 31.9 Å². The first-order chi connectivity index (χ1) is 9.65. The van der Waals surface area contributed by atoms with Crippen LogP contribution >= 0.6 is 0 Å². The number of hydrogen-bond donors (Lipinski definition) is 2. The second kappa shape index (κ2) is 6.48. The molecule has 0 spiro atoms. The van der Waals surface area contributed by atoms with Crippen molar-refractivity contribution in [3.63, 3.8) is 0 Å². The van der Waals surface area contributed by atoms with Crippen LogP contribution in [0, 0.1) is 11.3 Å². The number of amides is 1. The standard InChI is InChI=1S/C14H16F3N3O/c1-8(2)19-13(21)9(3)20-12-5-4-11(14(15,16)17)6-10(12)7-18/h4-6,8-9,20H,1-3H3,(H,19,21). The molecule has 0 fully saturated rings. The maximum Gasteiger partial charge on any atom is 0.416 e. The zero-order chi connectivity index (χ0) is 16.2. The summed E-state index contributed by atoms with van der Waals surface area (Å²) in [5, 5.41) is 14.4. The van der Waals surface area contributed by atoms with Gasteiger partial charge in [0.15, 0.2) is 0 Å². The van der Waals surface area contributed by atoms with Crippen LogP contribution in [0.15, 0.2) is 18.2 Å². The van der Waals surface area contributed by atoms with E-state index in [9.17, 15) is 18.0 Å². The number of carbonyl (C=O) groups is 1. The first-order valence-electron chi connectivity index (χ1n) is 6.33. The molecule has 114 valence electrons. The third kappa shape index (κ3) is 4.67. The van der Waals surface area contributed by atoms with E-state index in [2.05, 4.69) is 10.6 Å². The van der Waals surface area contributed by atoms with Crippen LogP contribution in [0.5, 0.6) is 0 Å². The Morgan fingerprint density at radius 3 is 2.38 bits per heavy atom. The summed E-state index contributed by atoms with van der Waals surface area (Å²) in [6.07, 6.45) is -4.51. The number of nitrogens with one attached hydrogen (secondary N) is 2. The van der Waals surface area contributed by atoms with Crippen LogP contribution in [0.3, 0.4) is 0 Å². The van der Waals surface area contributed by atoms with E-state index < -0.39 is 17.8 Å². The quantitative estimate of drug-likeness (QED) is 0.898. The van der Waals surface area contributed by atoms with E-state index >= 15 is 0 Å². The van der Waals surface area contributed by atoms with Gasteiger partial charge in [0.25, 0.3) is 0 Å². The Kier molecular flexibility index (Phi) is 5.19. The lowest BCUT2D eigenvalue weighted by Crippen LogP contribution is -2.41. The number of hydrogen-bond acceptors (Lipinski definition) is 3. The Morgan fingerprint density at radius 1 is 1.29 bits per heavy atom. The van der Waals surface area contributed by atoms with Crippen molar-refractivity contribution in [2.75, 3.05) is 5.32 Å². The molecule has 0 heterocycles. The van der Waals surface area contributed by atoms with Crippen LogP contribution in [0.4, 0.5) is 18.9 Å². The van der Waals surface area contributed by atoms with Gasteiger partial charge in [-0.15, -0.1) is 0 Å². The second-order valence-electron chi connectivity index (χ2n) is 4.90. The fraction of sp³-hybridized carbons (Fsp3) is 0.429. The van der Waals surface area contributed by atoms with E-state index in [-0.39, 0.29) is 23.2 Å². The summed E-state index contributed by atoms with van der Waals surface area (Å²) < 4.78 is 37.7. The molecule has 1 unspecified atom stereocenters. The minimum absolute atomic E-state index is 0.0511. The molecule has 0 aromatic heterocycles. The van der Waals surface area contributed by atoms with Crippen LogP contribution in [-0.2, 0) is 11.0 Å². The molecule has 0 saturated carbocycles. The Bertz CT molecular complexity index is 562. The highest BCUT2D eigenvalue weighted by Crippen LogP contribution is 2.31. The van der Waals surface area contributed by atoms with Gasteiger partial charge in [-0.05, 0) is 39.0 Å². The third-order valence-corrected chi connectivity index (χ3v) is 2.66. The van der Waals surface area contributed by atoms with E-state index in [4.69, 9.17) is 5.26 Å². The molecule has 4 nitrogen and oxygen atoms in total. The van der Waals surface area contributed by atoms with Gasteiger partial charge in [-0.3, -0.25) is 4.79 Å². The normalized spacial score (nSPS) is 12.7. The maximum atomic E-state index is 12.6. The summed E-state index contributed by atoms with van der Waals surface area (Å²) in [7, 11) is 0. The molecule has 1 aromatic carbocycles. The number of alkyl halides is 3. The number of rotatable bonds is 4. The Hall–Kier alpha value is -2.23. The number of carbonyl (C=O) groups excluding carboxylic acids is 1. The van der Waals surface area contributed by atoms with Crippen molar-refractivity contribution in [2.24, 2.45) is 0 Å². The van der Waals surface area contributed by atoms with E-state index in [1.165, 1.54) is 0 Å². The highest BCUT2D eigenvalue weighted by Gasteiger charge is 2.31. The maximum absolute atomic E-state index is 12.6. The zero-order valence-electron chi connectivity index (χ0n) is 11.9. The van der Waals surface area contributed by atoms with E-state index in [1.54, 1.807) is 26.8 Å². The molecule has 2 N–H and O–H groups in total. The van der Waals surface area contributed by atoms with Crippen molar-refractivity contribution in [2.45, 2.75) is 39.0 Å². The molecular weight excluding hydrogens is 283 g/mol. The van der Waals surface area contributed by atoms with Crippen molar-refractivity contribution >= 4 is 11.6 Å². The first kappa shape index (κ1) is 16.8. The summed E-state index contributed by atoms with van der Waals surface area (Å²) in [4.78, 5) is 11.7. The van der Waals surface area contributed by atoms with E-state index in [0.717, 1.165) is 18.2 Å². The van der Waals surface area contributed by atoms with Gasteiger partial charge >= 0.3 is 6.18 Å². The second-order valence-corrected chi connectivity index (χ2v) is 4.90. The molecule has 0 bridgehead atoms. The molecule has 0 saturated heterocycles. The lowest BCUT2D eigenvalue weighted by molar-refractivity contribution is -0.137. The fourth-order valence-corrected chi connectivity index (χ4v) is 1.65. The van der Waals surface area contributed by atoms with Crippen LogP contribution in [0.25, 0.3) is 0 Å². The highest BCUT2D eigenvalue weighted by molar-refractivity contribution is 5.84. The fourth-order valence-electron chi connectivity index (χ4n) is 1.65. The third-order valence-electron chi connectivity index (χ3n) is 2.66. The van der Waals surface area contributed by atoms with Crippen molar-refractivity contribution in [3.05, 3.63) is 29.3 Å². The predicted molar refractivity (Wildman–Crippen MR) is 72.5 cm³/mol. The number of benzene rings is 1. The number of halogens is 3. The van der Waals surface area contributed by atoms with Gasteiger partial charge in [-0.1, -0.05) is 0 Å². The molecule has 0 radical (unpaired) electrons. The minimum atomic E-state index is -4.51. The highest BCUT2D eigenvalue weighted by atomic mass is 19.4. The average molecular weight is 299 g/mol. The van der Waals surface area contributed by atoms with Gasteiger partial charge in [0.2, 0.25) is 5.91 Å². The Morgan fingerprint density at radius 2 is 1.90 bits per heavy atom. The van der Waals surface area contributed by atoms with Crippen LogP contribution in [-0.4, -0.2) is 18.0 Å². The van der Waals surface area contributed by atoms with Crippen molar-refractivity contribution in [1.82, 2.24) is 5.32 Å². The smallest absolute Gasteiger partial charge is 0.373 e. The zero-order valence-corrected chi connectivity index (χ0v) is 11.9. The minimum Gasteiger partial charge on any atom is -0.373 e. The van der Waals surface area contributed by atoms with Crippen LogP contribution in [0.2, 0.25) is 0 Å². The molecule has 0 aliphatic rings. The number of nitriles is 1. The van der Waals surface area contributed by atoms with Crippen molar-refractivity contribution in [1.29, 1.82) is 5.26 Å². The first-order valence-corrected chi connectivity index (χ1v) is 6.33. The molecule has 0 aliphatic heterocycles. The van der Waals surface area contributed by atoms with Gasteiger partial charge < -0.3 is 10.6 Å². The van der Waals surface area contributed by atoms with Crippen molar-refractivity contribution in [3.8, 4) is 6.07 Å². The monoisotopic (exact) mass is 299 g/mol. The summed E-state index contributed by atoms with van der Waals surface area (Å²) in [6, 6.07) is 3.76. The summed E-state index contributed by atoms with van der Waals surface area (Å²) >= 11 is 0. The molecule has 1 rings (SSSR count). The molecule has 1 amide bonds. The van der Waals surface area contributed by atoms with Gasteiger partial charge in [-0.25, -0.2) is 0 Å². The average Bonchev–Trinajstić information content (AvgIpc) is 2.36. The van der Waals surface area contributed by atoms with E-state index in [1.807, 2.05) is 0 Å². The largest absolute Gasteiger partial charge is 0.416 e. The molecular formula is C14H16F3N3O. The summed E-state index contributed by atoms with van der Waals surface area (Å²) in [6.45, 7) is 5.16. The lowest BCUT2D eigenvalue weighted by atomic mass is 10.1. The molecule has 7 heteroatoms. The molecule has 1 aromatic rings. The lowest BCUT2D eigenvalue weighted by Gasteiger charge is -2.18. The summed E-state index contributed by atoms with van der Waals surface area (Å²) in [5.41, 5.74) is -0.866. The Balaban J connectivity index is 2.95. The van der Waals surface area contributed by atoms with Gasteiger partial charge in [0.05, 0.1) is 16.8 Å². The molecule has 0 aliphatic carbocycles. The summed E-state index contributed by atoms with van der Waals surface area (Å²) in [5.74, 6) is -0.297. The predicted octanol–water partition coefficient (Wildman–Crippen LogP) is 2.90. The van der Waals surface area contributed by atoms with Crippen LogP contribution < -0.4 is 10.6 Å². The number of nitrogens with zero attached hydrogens (tertiary/aromatic N) is 1. The van der Waals surface area contributed by atoms with E-state index in [0.29, 0.717) is 0 Å². The molecule has 1 atom stereocenters. The number of anilines is 1. The van der Waals surface area contributed by atoms with Crippen molar-refractivity contribution < 1.29 is 18.0 Å². The topological polar surface area (TPSA) is 64.9 Å². The Labute approximate surface area is 121 Å². The SMILES string of the molecule is CC(C)NC(=O)C(C)Nc1ccc(C(F)(F)F)cc1C#N. The van der Waals surface area contributed by atoms with Gasteiger partial charge in [0, 0.05) is 6.04 Å². The molecule has 21 heavy (non-hydrogen) atoms. The van der Waals surface area contributed by atoms with Gasteiger partial charge in [-0.2, -0.15) is 18.4 Å². The van der Waals surface area contributed by atoms with Gasteiger partial charge in [0.1, 0.15) is 12.1 Å².